The van der Waals surface area contributed by atoms with Crippen LogP contribution >= 0.6 is 22.9 Å². The van der Waals surface area contributed by atoms with Gasteiger partial charge in [0.05, 0.1) is 28.0 Å². The molecule has 2 atom stereocenters. The van der Waals surface area contributed by atoms with Gasteiger partial charge in [0, 0.05) is 44.9 Å². The number of aryl methyl sites for hydroxylation is 3. The monoisotopic (exact) mass is 686 g/mol. The van der Waals surface area contributed by atoms with Crippen LogP contribution in [0.15, 0.2) is 58.7 Å². The highest BCUT2D eigenvalue weighted by Gasteiger charge is 2.34. The molecule has 0 bridgehead atoms. The summed E-state index contributed by atoms with van der Waals surface area (Å²) in [4.78, 5) is 37.7. The van der Waals surface area contributed by atoms with E-state index >= 15 is 0 Å². The SMILES string of the molecule is Cc1cc(-c2cc(Cl)ccc2OCCn2c(C)nc3c(c2=O)C[C@H](N2CCCC[C@H]2c2cccc(F)c2)CC3)c2scc(C(=O)O)c2n1. The summed E-state index contributed by atoms with van der Waals surface area (Å²) in [6.07, 6.45) is 5.44. The highest BCUT2D eigenvalue weighted by atomic mass is 35.5. The molecule has 0 amide bonds. The van der Waals surface area contributed by atoms with Crippen molar-refractivity contribution >= 4 is 39.1 Å². The fourth-order valence-electron chi connectivity index (χ4n) is 7.39. The van der Waals surface area contributed by atoms with Crippen molar-refractivity contribution in [1.29, 1.82) is 0 Å². The number of carbonyl (C=O) groups is 1. The molecular weight excluding hydrogens is 651 g/mol. The smallest absolute Gasteiger partial charge is 0.338 e. The van der Waals surface area contributed by atoms with E-state index in [4.69, 9.17) is 21.3 Å². The van der Waals surface area contributed by atoms with E-state index in [2.05, 4.69) is 9.88 Å². The Hall–Kier alpha value is -4.12. The summed E-state index contributed by atoms with van der Waals surface area (Å²) in [7, 11) is 0. The maximum absolute atomic E-state index is 14.2. The van der Waals surface area contributed by atoms with Crippen molar-refractivity contribution in [2.45, 2.75) is 71.0 Å². The first-order valence-corrected chi connectivity index (χ1v) is 17.6. The predicted molar refractivity (Wildman–Crippen MR) is 186 cm³/mol. The maximum atomic E-state index is 14.2. The number of fused-ring (bicyclic) bond motifs is 2. The fourth-order valence-corrected chi connectivity index (χ4v) is 8.58. The minimum Gasteiger partial charge on any atom is -0.491 e. The molecule has 48 heavy (non-hydrogen) atoms. The average molecular weight is 687 g/mol. The molecule has 248 valence electrons. The second-order valence-corrected chi connectivity index (χ2v) is 14.0. The molecule has 8 nitrogen and oxygen atoms in total. The number of hydrogen-bond donors (Lipinski definition) is 1. The summed E-state index contributed by atoms with van der Waals surface area (Å²) in [6, 6.07) is 14.5. The van der Waals surface area contributed by atoms with Gasteiger partial charge in [-0.05, 0) is 94.5 Å². The van der Waals surface area contributed by atoms with Crippen LogP contribution in [0.1, 0.15) is 70.4 Å². The van der Waals surface area contributed by atoms with Gasteiger partial charge in [0.2, 0.25) is 0 Å². The van der Waals surface area contributed by atoms with Crippen LogP contribution in [0.5, 0.6) is 5.75 Å². The van der Waals surface area contributed by atoms with E-state index in [1.807, 2.05) is 26.0 Å². The Morgan fingerprint density at radius 2 is 1.96 bits per heavy atom. The summed E-state index contributed by atoms with van der Waals surface area (Å²) in [5.41, 5.74) is 5.38. The minimum absolute atomic E-state index is 0.0345. The molecule has 4 heterocycles. The summed E-state index contributed by atoms with van der Waals surface area (Å²) >= 11 is 7.75. The third-order valence-electron chi connectivity index (χ3n) is 9.63. The third kappa shape index (κ3) is 6.24. The van der Waals surface area contributed by atoms with E-state index < -0.39 is 5.97 Å². The maximum Gasteiger partial charge on any atom is 0.338 e. The normalized spacial score (nSPS) is 18.2. The number of likely N-dealkylation sites (tertiary alicyclic amines) is 1. The van der Waals surface area contributed by atoms with Crippen molar-refractivity contribution in [3.63, 3.8) is 0 Å². The standard InChI is InChI=1S/C37H36ClFN4O4S/c1-21-16-28(35-34(40-21)30(20-48-35)37(45)46)27-18-24(38)9-12-33(27)47-15-14-42-22(2)41-31-11-10-26(19-29(31)36(42)44)43-13-4-3-8-32(43)23-6-5-7-25(39)17-23/h5-7,9,12,16-18,20,26,32H,3-4,8,10-11,13-15,19H2,1-2H3,(H,45,46)/t26-,32+/m1/s1. The molecule has 11 heteroatoms. The van der Waals surface area contributed by atoms with E-state index in [1.54, 1.807) is 40.3 Å². The number of ether oxygens (including phenoxy) is 1. The van der Waals surface area contributed by atoms with Crippen molar-refractivity contribution in [2.24, 2.45) is 0 Å². The second-order valence-electron chi connectivity index (χ2n) is 12.7. The van der Waals surface area contributed by atoms with E-state index in [1.165, 1.54) is 17.4 Å². The van der Waals surface area contributed by atoms with Crippen LogP contribution in [0, 0.1) is 19.7 Å². The molecule has 1 N–H and O–H groups in total. The molecule has 5 aromatic rings. The number of aromatic nitrogens is 3. The lowest BCUT2D eigenvalue weighted by molar-refractivity contribution is 0.0699. The van der Waals surface area contributed by atoms with Crippen molar-refractivity contribution in [2.75, 3.05) is 13.2 Å². The highest BCUT2D eigenvalue weighted by Crippen LogP contribution is 2.40. The number of halogens is 2. The number of carboxylic acids is 1. The quantitative estimate of drug-likeness (QED) is 0.178. The number of pyridine rings is 1. The molecule has 0 saturated carbocycles. The predicted octanol–water partition coefficient (Wildman–Crippen LogP) is 7.79. The van der Waals surface area contributed by atoms with Gasteiger partial charge in [-0.2, -0.15) is 0 Å². The van der Waals surface area contributed by atoms with Crippen LogP contribution in [0.4, 0.5) is 4.39 Å². The summed E-state index contributed by atoms with van der Waals surface area (Å²) in [6.45, 7) is 5.14. The number of carboxylic acid groups (broad SMARTS) is 1. The van der Waals surface area contributed by atoms with Gasteiger partial charge in [-0.15, -0.1) is 11.3 Å². The van der Waals surface area contributed by atoms with Crippen molar-refractivity contribution in [1.82, 2.24) is 19.4 Å². The van der Waals surface area contributed by atoms with Crippen LogP contribution in [0.2, 0.25) is 5.02 Å². The lowest BCUT2D eigenvalue weighted by Gasteiger charge is -2.43. The largest absolute Gasteiger partial charge is 0.491 e. The highest BCUT2D eigenvalue weighted by molar-refractivity contribution is 7.18. The Labute approximate surface area is 286 Å². The number of nitrogens with zero attached hydrogens (tertiary/aromatic N) is 4. The zero-order valence-corrected chi connectivity index (χ0v) is 28.4. The van der Waals surface area contributed by atoms with Crippen molar-refractivity contribution in [3.05, 3.63) is 109 Å². The molecule has 3 aromatic heterocycles. The van der Waals surface area contributed by atoms with Gasteiger partial charge in [-0.3, -0.25) is 19.2 Å². The molecule has 2 aliphatic rings. The number of piperidine rings is 1. The average Bonchev–Trinajstić information content (AvgIpc) is 3.50. The molecule has 1 fully saturated rings. The number of benzene rings is 2. The topological polar surface area (TPSA) is 97.6 Å². The molecule has 1 saturated heterocycles. The second kappa shape index (κ2) is 13.4. The zero-order valence-electron chi connectivity index (χ0n) is 26.8. The van der Waals surface area contributed by atoms with E-state index in [0.29, 0.717) is 40.8 Å². The molecule has 0 spiro atoms. The molecule has 2 aromatic carbocycles. The Balaban J connectivity index is 1.13. The van der Waals surface area contributed by atoms with Gasteiger partial charge in [0.1, 0.15) is 24.0 Å². The Kier molecular flexibility index (Phi) is 9.06. The van der Waals surface area contributed by atoms with Crippen LogP contribution < -0.4 is 10.3 Å². The number of rotatable bonds is 8. The summed E-state index contributed by atoms with van der Waals surface area (Å²) in [5.74, 6) is -0.0210. The van der Waals surface area contributed by atoms with E-state index in [9.17, 15) is 19.1 Å². The summed E-state index contributed by atoms with van der Waals surface area (Å²) < 4.78 is 22.9. The fraction of sp³-hybridized carbons (Fsp3) is 0.351. The van der Waals surface area contributed by atoms with Gasteiger partial charge in [0.15, 0.2) is 0 Å². The Bertz CT molecular complexity index is 2100. The minimum atomic E-state index is -1.03. The Morgan fingerprint density at radius 1 is 1.10 bits per heavy atom. The van der Waals surface area contributed by atoms with Crippen LogP contribution in [-0.2, 0) is 19.4 Å². The lowest BCUT2D eigenvalue weighted by atomic mass is 9.86. The van der Waals surface area contributed by atoms with Crippen LogP contribution in [0.25, 0.3) is 21.3 Å². The van der Waals surface area contributed by atoms with Gasteiger partial charge in [-0.1, -0.05) is 30.2 Å². The first-order valence-electron chi connectivity index (χ1n) is 16.3. The molecule has 0 radical (unpaired) electrons. The van der Waals surface area contributed by atoms with Gasteiger partial charge in [0.25, 0.3) is 5.56 Å². The molecule has 7 rings (SSSR count). The lowest BCUT2D eigenvalue weighted by Crippen LogP contribution is -2.46. The first-order chi connectivity index (χ1) is 23.2. The zero-order chi connectivity index (χ0) is 33.5. The van der Waals surface area contributed by atoms with Crippen LogP contribution in [0.3, 0.4) is 0 Å². The molecule has 1 aliphatic heterocycles. The molecule has 1 aliphatic carbocycles. The number of thiophene rings is 1. The first kappa shape index (κ1) is 32.4. The van der Waals surface area contributed by atoms with Gasteiger partial charge < -0.3 is 9.84 Å². The van der Waals surface area contributed by atoms with E-state index in [0.717, 1.165) is 71.3 Å². The third-order valence-corrected chi connectivity index (χ3v) is 10.9. The number of aromatic carboxylic acids is 1. The van der Waals surface area contributed by atoms with Gasteiger partial charge >= 0.3 is 5.97 Å². The van der Waals surface area contributed by atoms with Crippen molar-refractivity contribution < 1.29 is 19.0 Å². The molecular formula is C37H36ClFN4O4S. The van der Waals surface area contributed by atoms with Crippen LogP contribution in [-0.4, -0.2) is 49.7 Å². The molecule has 0 unspecified atom stereocenters. The summed E-state index contributed by atoms with van der Waals surface area (Å²) in [5, 5.41) is 11.8. The Morgan fingerprint density at radius 3 is 2.77 bits per heavy atom. The number of hydrogen-bond acceptors (Lipinski definition) is 7. The van der Waals surface area contributed by atoms with Crippen molar-refractivity contribution in [3.8, 4) is 16.9 Å². The van der Waals surface area contributed by atoms with E-state index in [-0.39, 0.29) is 35.6 Å². The van der Waals surface area contributed by atoms with Gasteiger partial charge in [-0.25, -0.2) is 14.2 Å².